The molecule has 10 heteroatoms. The molecule has 0 bridgehead atoms. The molecule has 3 saturated heterocycles. The molecule has 3 aliphatic heterocycles. The minimum absolute atomic E-state index is 0.0885. The number of anilines is 1. The summed E-state index contributed by atoms with van der Waals surface area (Å²) in [5.41, 5.74) is 5.66. The average Bonchev–Trinajstić information content (AvgIpc) is 3.61. The zero-order valence-electron chi connectivity index (χ0n) is 26.6. The van der Waals surface area contributed by atoms with E-state index in [2.05, 4.69) is 35.1 Å². The zero-order valence-corrected chi connectivity index (χ0v) is 26.6. The van der Waals surface area contributed by atoms with Gasteiger partial charge in [-0.3, -0.25) is 9.69 Å². The number of fused-ring (bicyclic) bond motifs is 2. The summed E-state index contributed by atoms with van der Waals surface area (Å²) in [6.07, 6.45) is 17.6. The quantitative estimate of drug-likeness (QED) is 0.406. The third kappa shape index (κ3) is 6.14. The Labute approximate surface area is 266 Å². The Morgan fingerprint density at radius 1 is 1.16 bits per heavy atom. The van der Waals surface area contributed by atoms with Crippen LogP contribution in [0.25, 0.3) is 0 Å². The third-order valence-corrected chi connectivity index (χ3v) is 11.2. The molecule has 4 heterocycles. The summed E-state index contributed by atoms with van der Waals surface area (Å²) in [4.78, 5) is 31.8. The van der Waals surface area contributed by atoms with Gasteiger partial charge < -0.3 is 19.4 Å². The van der Waals surface area contributed by atoms with Crippen LogP contribution in [0, 0.1) is 16.7 Å². The van der Waals surface area contributed by atoms with Gasteiger partial charge in [0.15, 0.2) is 0 Å². The van der Waals surface area contributed by atoms with Crippen molar-refractivity contribution in [1.29, 1.82) is 5.26 Å². The number of rotatable bonds is 8. The van der Waals surface area contributed by atoms with Crippen LogP contribution in [0.5, 0.6) is 6.01 Å². The van der Waals surface area contributed by atoms with E-state index in [4.69, 9.17) is 14.7 Å². The number of ether oxygens (including phenoxy) is 1. The number of aromatic nitrogens is 2. The number of likely N-dealkylation sites (N-methyl/N-ethyl adjacent to an activating group) is 1. The summed E-state index contributed by atoms with van der Waals surface area (Å²) in [7, 11) is 2.16. The van der Waals surface area contributed by atoms with Crippen molar-refractivity contribution in [3.05, 3.63) is 46.7 Å². The Bertz CT molecular complexity index is 1430. The number of carbonyl (C=O) groups is 1. The predicted molar refractivity (Wildman–Crippen MR) is 171 cm³/mol. The first-order valence-electron chi connectivity index (χ1n) is 17.0. The molecular formula is C35H46FN7O2. The Hall–Kier alpha value is -3.29. The molecule has 1 unspecified atom stereocenters. The summed E-state index contributed by atoms with van der Waals surface area (Å²) >= 11 is 0. The van der Waals surface area contributed by atoms with Crippen LogP contribution in [-0.2, 0) is 17.6 Å². The molecule has 7 rings (SSSR count). The van der Waals surface area contributed by atoms with Gasteiger partial charge in [0.25, 0.3) is 0 Å². The van der Waals surface area contributed by atoms with Gasteiger partial charge in [-0.05, 0) is 77.0 Å². The van der Waals surface area contributed by atoms with Gasteiger partial charge in [-0.2, -0.15) is 15.2 Å². The molecule has 1 aromatic heterocycles. The number of amides is 1. The van der Waals surface area contributed by atoms with Gasteiger partial charge in [0.2, 0.25) is 5.91 Å². The summed E-state index contributed by atoms with van der Waals surface area (Å²) < 4.78 is 19.5. The number of nitrogens with zero attached hydrogens (tertiary/aromatic N) is 7. The van der Waals surface area contributed by atoms with Gasteiger partial charge in [0.05, 0.1) is 24.2 Å². The fraction of sp³-hybridized carbons (Fsp3) is 0.657. The first kappa shape index (κ1) is 30.4. The molecule has 45 heavy (non-hydrogen) atoms. The minimum Gasteiger partial charge on any atom is -0.462 e. The molecule has 0 radical (unpaired) electrons. The molecule has 3 fully saturated rings. The van der Waals surface area contributed by atoms with Crippen molar-refractivity contribution in [2.75, 3.05) is 64.4 Å². The highest BCUT2D eigenvalue weighted by Gasteiger charge is 2.44. The highest BCUT2D eigenvalue weighted by Crippen LogP contribution is 2.54. The van der Waals surface area contributed by atoms with Gasteiger partial charge in [-0.25, -0.2) is 4.39 Å². The van der Waals surface area contributed by atoms with Crippen LogP contribution in [0.1, 0.15) is 62.6 Å². The van der Waals surface area contributed by atoms with E-state index in [1.807, 2.05) is 15.9 Å². The van der Waals surface area contributed by atoms with Crippen LogP contribution < -0.4 is 9.64 Å². The lowest BCUT2D eigenvalue weighted by molar-refractivity contribution is -0.128. The molecular weight excluding hydrogens is 569 g/mol. The summed E-state index contributed by atoms with van der Waals surface area (Å²) in [6, 6.07) is 2.89. The predicted octanol–water partition coefficient (Wildman–Crippen LogP) is 4.01. The van der Waals surface area contributed by atoms with Crippen LogP contribution in [0.15, 0.2) is 35.5 Å². The lowest BCUT2D eigenvalue weighted by Crippen LogP contribution is -2.55. The van der Waals surface area contributed by atoms with Gasteiger partial charge in [-0.1, -0.05) is 23.8 Å². The van der Waals surface area contributed by atoms with Crippen molar-refractivity contribution in [2.45, 2.75) is 82.5 Å². The second kappa shape index (κ2) is 12.8. The van der Waals surface area contributed by atoms with E-state index in [9.17, 15) is 14.4 Å². The highest BCUT2D eigenvalue weighted by molar-refractivity contribution is 5.88. The lowest BCUT2D eigenvalue weighted by Gasteiger charge is -2.43. The molecule has 3 atom stereocenters. The van der Waals surface area contributed by atoms with Crippen molar-refractivity contribution >= 4 is 11.7 Å². The number of carbonyl (C=O) groups excluding carboxylic acids is 1. The van der Waals surface area contributed by atoms with E-state index in [1.54, 1.807) is 17.2 Å². The smallest absolute Gasteiger partial charge is 0.318 e. The molecule has 0 N–H and O–H groups in total. The molecule has 1 spiro atoms. The summed E-state index contributed by atoms with van der Waals surface area (Å²) in [6.45, 7) is 4.78. The Balaban J connectivity index is 1.13. The normalized spacial score (nSPS) is 28.9. The first-order valence-corrected chi connectivity index (χ1v) is 17.0. The number of alkyl halides is 1. The maximum Gasteiger partial charge on any atom is 0.318 e. The number of nitriles is 1. The van der Waals surface area contributed by atoms with Gasteiger partial charge >= 0.3 is 6.01 Å². The van der Waals surface area contributed by atoms with Crippen LogP contribution in [0.2, 0.25) is 0 Å². The molecule has 240 valence electrons. The Kier molecular flexibility index (Phi) is 8.66. The highest BCUT2D eigenvalue weighted by atomic mass is 19.1. The van der Waals surface area contributed by atoms with E-state index in [1.165, 1.54) is 31.2 Å². The number of hydrogen-bond acceptors (Lipinski definition) is 8. The van der Waals surface area contributed by atoms with Crippen molar-refractivity contribution in [2.24, 2.45) is 5.41 Å². The van der Waals surface area contributed by atoms with E-state index >= 15 is 0 Å². The number of hydrogen-bond donors (Lipinski definition) is 0. The molecule has 0 saturated carbocycles. The van der Waals surface area contributed by atoms with Crippen molar-refractivity contribution in [3.63, 3.8) is 0 Å². The maximum absolute atomic E-state index is 13.2. The van der Waals surface area contributed by atoms with Crippen molar-refractivity contribution in [3.8, 4) is 12.1 Å². The average molecular weight is 616 g/mol. The topological polar surface area (TPSA) is 88.8 Å². The fourth-order valence-electron chi connectivity index (χ4n) is 8.52. The standard InChI is InChI=1S/C35H46FN7O2/c1-40-16-4-7-28(40)24-45-34-38-31-20-35(13-10-25-6-2-3-8-30(25)35)14-11-29(31)33(39-34)42-18-19-43(27(23-42)12-15-37)32(44)9-5-17-41-21-26(36)22-41/h3,5,8-9,26-28H,2,4,6-7,10-14,16-24H2,1H3/b9-5+/t27-,28-,35?/m0/s1. The first-order chi connectivity index (χ1) is 21.9. The molecule has 1 amide bonds. The number of likely N-dealkylation sites (tertiary alicyclic amines) is 2. The lowest BCUT2D eigenvalue weighted by atomic mass is 9.68. The molecule has 9 nitrogen and oxygen atoms in total. The van der Waals surface area contributed by atoms with E-state index in [-0.39, 0.29) is 23.8 Å². The zero-order chi connectivity index (χ0) is 31.0. The Morgan fingerprint density at radius 3 is 2.82 bits per heavy atom. The summed E-state index contributed by atoms with van der Waals surface area (Å²) in [5.74, 6) is 0.828. The maximum atomic E-state index is 13.2. The van der Waals surface area contributed by atoms with E-state index < -0.39 is 6.17 Å². The second-order valence-corrected chi connectivity index (χ2v) is 14.0. The van der Waals surface area contributed by atoms with Crippen LogP contribution >= 0.6 is 0 Å². The second-order valence-electron chi connectivity index (χ2n) is 14.0. The number of piperazine rings is 1. The molecule has 1 aromatic rings. The largest absolute Gasteiger partial charge is 0.462 e. The SMILES string of the molecule is CN1CCC[C@H]1COc1nc2c(c(N3CCN(C(=O)/C=C/CN4CC(F)C4)[C@@H](CC#N)C3)n1)CCC1(CCC3=C1C=CCC3)C2. The Morgan fingerprint density at radius 2 is 2.02 bits per heavy atom. The molecule has 0 aromatic carbocycles. The van der Waals surface area contributed by atoms with Crippen LogP contribution in [-0.4, -0.2) is 108 Å². The monoisotopic (exact) mass is 615 g/mol. The van der Waals surface area contributed by atoms with Crippen molar-refractivity contribution in [1.82, 2.24) is 24.7 Å². The summed E-state index contributed by atoms with van der Waals surface area (Å²) in [5, 5.41) is 9.71. The number of allylic oxidation sites excluding steroid dienone is 4. The number of halogens is 1. The van der Waals surface area contributed by atoms with Gasteiger partial charge in [0, 0.05) is 62.4 Å². The van der Waals surface area contributed by atoms with Crippen molar-refractivity contribution < 1.29 is 13.9 Å². The minimum atomic E-state index is -0.757. The fourth-order valence-corrected chi connectivity index (χ4v) is 8.52. The van der Waals surface area contributed by atoms with Gasteiger partial charge in [-0.15, -0.1) is 0 Å². The molecule has 6 aliphatic rings. The van der Waals surface area contributed by atoms with Gasteiger partial charge in [0.1, 0.15) is 18.6 Å². The van der Waals surface area contributed by atoms with E-state index in [0.29, 0.717) is 57.9 Å². The third-order valence-electron chi connectivity index (χ3n) is 11.2. The molecule has 3 aliphatic carbocycles. The van der Waals surface area contributed by atoms with Crippen LogP contribution in [0.3, 0.4) is 0 Å². The van der Waals surface area contributed by atoms with E-state index in [0.717, 1.165) is 50.2 Å². The van der Waals surface area contributed by atoms with Crippen LogP contribution in [0.4, 0.5) is 10.2 Å².